The molecule has 0 fully saturated rings. The molecule has 0 amide bonds. The SMILES string of the molecule is CC(C)(C)[S@+]([O-])/N=C/CC(O[Si](C)(C)C(C)(C)C)C(F)(F)F. The lowest BCUT2D eigenvalue weighted by Gasteiger charge is -2.39. The molecule has 0 aliphatic rings. The molecule has 0 rings (SSSR count). The second kappa shape index (κ2) is 7.23. The van der Waals surface area contributed by atoms with Crippen LogP contribution in [0.1, 0.15) is 48.0 Å². The minimum Gasteiger partial charge on any atom is -0.591 e. The largest absolute Gasteiger partial charge is 0.591 e. The topological polar surface area (TPSA) is 44.7 Å². The van der Waals surface area contributed by atoms with Gasteiger partial charge in [-0.3, -0.25) is 0 Å². The van der Waals surface area contributed by atoms with Gasteiger partial charge in [-0.2, -0.15) is 13.2 Å². The van der Waals surface area contributed by atoms with Gasteiger partial charge in [0.1, 0.15) is 22.2 Å². The van der Waals surface area contributed by atoms with Crippen LogP contribution >= 0.6 is 0 Å². The Morgan fingerprint density at radius 2 is 1.59 bits per heavy atom. The van der Waals surface area contributed by atoms with Gasteiger partial charge in [-0.05, 0) is 38.9 Å². The molecule has 0 aliphatic carbocycles. The van der Waals surface area contributed by atoms with E-state index in [9.17, 15) is 17.7 Å². The van der Waals surface area contributed by atoms with Crippen molar-refractivity contribution in [1.82, 2.24) is 0 Å². The zero-order valence-corrected chi connectivity index (χ0v) is 16.5. The van der Waals surface area contributed by atoms with Gasteiger partial charge in [0.05, 0.1) is 6.21 Å². The number of rotatable bonds is 5. The van der Waals surface area contributed by atoms with Gasteiger partial charge in [0.2, 0.25) is 0 Å². The van der Waals surface area contributed by atoms with Gasteiger partial charge in [0, 0.05) is 6.42 Å². The van der Waals surface area contributed by atoms with Gasteiger partial charge in [0.25, 0.3) is 0 Å². The summed E-state index contributed by atoms with van der Waals surface area (Å²) in [6.07, 6.45) is -5.72. The van der Waals surface area contributed by atoms with Crippen molar-refractivity contribution in [2.75, 3.05) is 0 Å². The second-order valence-electron chi connectivity index (χ2n) is 7.79. The first kappa shape index (κ1) is 21.9. The molecule has 8 heteroatoms. The van der Waals surface area contributed by atoms with Gasteiger partial charge in [-0.25, -0.2) is 0 Å². The third kappa shape index (κ3) is 7.02. The monoisotopic (exact) mass is 359 g/mol. The average Bonchev–Trinajstić information content (AvgIpc) is 2.22. The Morgan fingerprint density at radius 1 is 1.14 bits per heavy atom. The van der Waals surface area contributed by atoms with E-state index in [1.54, 1.807) is 33.9 Å². The normalized spacial score (nSPS) is 17.8. The highest BCUT2D eigenvalue weighted by atomic mass is 32.2. The van der Waals surface area contributed by atoms with Crippen LogP contribution < -0.4 is 0 Å². The molecule has 0 saturated carbocycles. The third-order valence-electron chi connectivity index (χ3n) is 3.62. The van der Waals surface area contributed by atoms with E-state index in [1.165, 1.54) is 0 Å². The molecule has 0 spiro atoms. The molecule has 0 aromatic carbocycles. The summed E-state index contributed by atoms with van der Waals surface area (Å²) in [4.78, 5) is 0. The summed E-state index contributed by atoms with van der Waals surface area (Å²) in [5.41, 5.74) is 0. The Labute approximate surface area is 136 Å². The zero-order chi connectivity index (χ0) is 18.0. The maximum atomic E-state index is 13.2. The van der Waals surface area contributed by atoms with Crippen molar-refractivity contribution in [2.24, 2.45) is 4.40 Å². The summed E-state index contributed by atoms with van der Waals surface area (Å²) < 4.78 is 59.8. The van der Waals surface area contributed by atoms with Crippen LogP contribution in [0.5, 0.6) is 0 Å². The summed E-state index contributed by atoms with van der Waals surface area (Å²) in [6.45, 7) is 14.3. The molecule has 2 atom stereocenters. The summed E-state index contributed by atoms with van der Waals surface area (Å²) in [5, 5.41) is -0.318. The maximum Gasteiger partial charge on any atom is 0.413 e. The predicted octanol–water partition coefficient (Wildman–Crippen LogP) is 4.86. The van der Waals surface area contributed by atoms with Crippen molar-refractivity contribution in [2.45, 2.75) is 83.1 Å². The van der Waals surface area contributed by atoms with Gasteiger partial charge < -0.3 is 8.98 Å². The van der Waals surface area contributed by atoms with Crippen molar-refractivity contribution in [3.63, 3.8) is 0 Å². The van der Waals surface area contributed by atoms with Crippen LogP contribution in [-0.4, -0.2) is 36.1 Å². The van der Waals surface area contributed by atoms with Crippen LogP contribution in [0.25, 0.3) is 0 Å². The molecule has 0 radical (unpaired) electrons. The molecular formula is C14H28F3NO2SSi. The average molecular weight is 360 g/mol. The highest BCUT2D eigenvalue weighted by Gasteiger charge is 2.47. The lowest BCUT2D eigenvalue weighted by Crippen LogP contribution is -2.48. The summed E-state index contributed by atoms with van der Waals surface area (Å²) in [7, 11) is -2.55. The van der Waals surface area contributed by atoms with Gasteiger partial charge in [-0.1, -0.05) is 25.2 Å². The molecule has 0 N–H and O–H groups in total. The zero-order valence-electron chi connectivity index (χ0n) is 14.7. The minimum atomic E-state index is -4.47. The number of nitrogens with zero attached hydrogens (tertiary/aromatic N) is 1. The molecule has 0 heterocycles. The van der Waals surface area contributed by atoms with Gasteiger partial charge in [0.15, 0.2) is 8.32 Å². The molecule has 0 saturated heterocycles. The summed E-state index contributed by atoms with van der Waals surface area (Å²) >= 11 is -1.56. The Morgan fingerprint density at radius 3 is 1.91 bits per heavy atom. The molecule has 0 bridgehead atoms. The lowest BCUT2D eigenvalue weighted by atomic mass is 10.2. The molecule has 132 valence electrons. The minimum absolute atomic E-state index is 0.318. The van der Waals surface area contributed by atoms with Crippen LogP contribution in [-0.2, 0) is 15.8 Å². The lowest BCUT2D eigenvalue weighted by molar-refractivity contribution is -0.195. The molecular weight excluding hydrogens is 331 g/mol. The first-order chi connectivity index (χ1) is 9.48. The number of hydrogen-bond donors (Lipinski definition) is 0. The van der Waals surface area contributed by atoms with E-state index in [-0.39, 0.29) is 5.04 Å². The molecule has 0 aromatic heterocycles. The Kier molecular flexibility index (Phi) is 7.21. The van der Waals surface area contributed by atoms with E-state index in [1.807, 2.05) is 20.8 Å². The van der Waals surface area contributed by atoms with Gasteiger partial charge in [-0.15, -0.1) is 0 Å². The molecule has 0 aliphatic heterocycles. The quantitative estimate of drug-likeness (QED) is 0.400. The predicted molar refractivity (Wildman–Crippen MR) is 89.1 cm³/mol. The Hall–Kier alpha value is -0.0531. The highest BCUT2D eigenvalue weighted by molar-refractivity contribution is 7.91. The standard InChI is InChI=1S/C14H28F3NO2SSi/c1-12(2,3)21(19)18-10-9-11(14(15,16)17)20-22(7,8)13(4,5)6/h10-11H,9H2,1-8H3/b18-10+/t11?,21-/m0/s1. The fraction of sp³-hybridized carbons (Fsp3) is 0.929. The van der Waals surface area contributed by atoms with Crippen LogP contribution in [0.4, 0.5) is 13.2 Å². The molecule has 0 aromatic rings. The van der Waals surface area contributed by atoms with Crippen LogP contribution in [0.15, 0.2) is 4.40 Å². The van der Waals surface area contributed by atoms with E-state index < -0.39 is 43.1 Å². The van der Waals surface area contributed by atoms with Crippen LogP contribution in [0, 0.1) is 0 Å². The van der Waals surface area contributed by atoms with Crippen LogP contribution in [0.3, 0.4) is 0 Å². The molecule has 1 unspecified atom stereocenters. The first-order valence-corrected chi connectivity index (χ1v) is 11.2. The molecule has 22 heavy (non-hydrogen) atoms. The van der Waals surface area contributed by atoms with E-state index in [4.69, 9.17) is 4.43 Å². The Bertz CT molecular complexity index is 387. The first-order valence-electron chi connectivity index (χ1n) is 7.17. The van der Waals surface area contributed by atoms with E-state index in [0.29, 0.717) is 0 Å². The number of halogens is 3. The van der Waals surface area contributed by atoms with Gasteiger partial charge >= 0.3 is 6.18 Å². The second-order valence-corrected chi connectivity index (χ2v) is 14.5. The smallest absolute Gasteiger partial charge is 0.413 e. The Balaban J connectivity index is 5.02. The van der Waals surface area contributed by atoms with E-state index >= 15 is 0 Å². The van der Waals surface area contributed by atoms with Crippen LogP contribution in [0.2, 0.25) is 18.1 Å². The van der Waals surface area contributed by atoms with E-state index in [0.717, 1.165) is 6.21 Å². The highest BCUT2D eigenvalue weighted by Crippen LogP contribution is 2.40. The van der Waals surface area contributed by atoms with Crippen molar-refractivity contribution in [3.05, 3.63) is 0 Å². The molecule has 3 nitrogen and oxygen atoms in total. The fourth-order valence-corrected chi connectivity index (χ4v) is 2.98. The fourth-order valence-electron chi connectivity index (χ4n) is 1.15. The summed E-state index contributed by atoms with van der Waals surface area (Å²) in [5.74, 6) is 0. The van der Waals surface area contributed by atoms with Crippen molar-refractivity contribution in [3.8, 4) is 0 Å². The van der Waals surface area contributed by atoms with Crippen molar-refractivity contribution in [1.29, 1.82) is 0 Å². The van der Waals surface area contributed by atoms with Crippen molar-refractivity contribution >= 4 is 25.9 Å². The number of hydrogen-bond acceptors (Lipinski definition) is 3. The summed E-state index contributed by atoms with van der Waals surface area (Å²) in [6, 6.07) is 0. The maximum absolute atomic E-state index is 13.2. The number of alkyl halides is 3. The van der Waals surface area contributed by atoms with E-state index in [2.05, 4.69) is 4.40 Å². The van der Waals surface area contributed by atoms with Crippen molar-refractivity contribution < 1.29 is 22.2 Å². The third-order valence-corrected chi connectivity index (χ3v) is 9.50.